The third kappa shape index (κ3) is 3.88. The van der Waals surface area contributed by atoms with Crippen molar-refractivity contribution in [3.8, 4) is 5.82 Å². The maximum atomic E-state index is 13.5. The second-order valence-electron chi connectivity index (χ2n) is 8.01. The van der Waals surface area contributed by atoms with Gasteiger partial charge in [0.05, 0.1) is 29.2 Å². The molecule has 1 N–H and O–H groups in total. The number of methoxy groups -OCH3 is 1. The fourth-order valence-electron chi connectivity index (χ4n) is 4.25. The normalized spacial score (nSPS) is 19.1. The van der Waals surface area contributed by atoms with E-state index in [0.29, 0.717) is 17.8 Å². The zero-order valence-corrected chi connectivity index (χ0v) is 18.9. The number of hydrogen-bond acceptors (Lipinski definition) is 7. The number of epoxide rings is 1. The highest BCUT2D eigenvalue weighted by molar-refractivity contribution is 6.32. The molecule has 178 valence electrons. The minimum Gasteiger partial charge on any atom is -0.465 e. The van der Waals surface area contributed by atoms with E-state index in [0.717, 1.165) is 34.8 Å². The van der Waals surface area contributed by atoms with Crippen LogP contribution in [-0.4, -0.2) is 39.1 Å². The summed E-state index contributed by atoms with van der Waals surface area (Å²) in [6, 6.07) is 4.00. The summed E-state index contributed by atoms with van der Waals surface area (Å²) in [4.78, 5) is 21.1. The van der Waals surface area contributed by atoms with E-state index in [1.54, 1.807) is 13.0 Å². The van der Waals surface area contributed by atoms with E-state index in [2.05, 4.69) is 20.4 Å². The first-order valence-electron chi connectivity index (χ1n) is 10.5. The van der Waals surface area contributed by atoms with Gasteiger partial charge in [-0.1, -0.05) is 11.6 Å². The molecule has 3 aromatic rings. The molecule has 12 heteroatoms. The fraction of sp³-hybridized carbons (Fsp3) is 0.364. The van der Waals surface area contributed by atoms with Crippen LogP contribution in [0.4, 0.5) is 18.9 Å². The molecule has 2 unspecified atom stereocenters. The molecule has 1 saturated heterocycles. The molecular weight excluding hydrogens is 475 g/mol. The van der Waals surface area contributed by atoms with Crippen LogP contribution < -0.4 is 5.32 Å². The summed E-state index contributed by atoms with van der Waals surface area (Å²) in [6.45, 7) is 1.72. The lowest BCUT2D eigenvalue weighted by Crippen LogP contribution is -2.17. The van der Waals surface area contributed by atoms with Gasteiger partial charge in [-0.2, -0.15) is 18.3 Å². The van der Waals surface area contributed by atoms with E-state index < -0.39 is 30.2 Å². The van der Waals surface area contributed by atoms with Gasteiger partial charge in [-0.25, -0.2) is 14.5 Å². The lowest BCUT2D eigenvalue weighted by atomic mass is 10.0. The van der Waals surface area contributed by atoms with E-state index >= 15 is 0 Å². The van der Waals surface area contributed by atoms with Crippen molar-refractivity contribution < 1.29 is 27.4 Å². The van der Waals surface area contributed by atoms with Gasteiger partial charge in [0.2, 0.25) is 0 Å². The maximum Gasteiger partial charge on any atom is 0.435 e. The number of rotatable bonds is 5. The minimum atomic E-state index is -4.67. The molecule has 8 nitrogen and oxygen atoms in total. The summed E-state index contributed by atoms with van der Waals surface area (Å²) >= 11 is 6.18. The highest BCUT2D eigenvalue weighted by Crippen LogP contribution is 2.44. The van der Waals surface area contributed by atoms with Crippen molar-refractivity contribution in [3.63, 3.8) is 0 Å². The third-order valence-corrected chi connectivity index (χ3v) is 6.13. The molecule has 2 atom stereocenters. The fourth-order valence-corrected chi connectivity index (χ4v) is 4.45. The van der Waals surface area contributed by atoms with Gasteiger partial charge in [0.1, 0.15) is 11.7 Å². The van der Waals surface area contributed by atoms with Crippen molar-refractivity contribution in [2.75, 3.05) is 12.4 Å². The van der Waals surface area contributed by atoms with Crippen LogP contribution in [0.5, 0.6) is 0 Å². The first-order chi connectivity index (χ1) is 16.2. The highest BCUT2D eigenvalue weighted by Gasteiger charge is 2.47. The molecule has 1 aliphatic heterocycles. The van der Waals surface area contributed by atoms with Crippen LogP contribution >= 0.6 is 11.6 Å². The summed E-state index contributed by atoms with van der Waals surface area (Å²) < 4.78 is 52.1. The molecule has 0 radical (unpaired) electrons. The van der Waals surface area contributed by atoms with Crippen molar-refractivity contribution in [2.45, 2.75) is 44.7 Å². The monoisotopic (exact) mass is 493 g/mol. The van der Waals surface area contributed by atoms with Crippen molar-refractivity contribution in [2.24, 2.45) is 0 Å². The number of hydrogen-bond donors (Lipinski definition) is 1. The summed E-state index contributed by atoms with van der Waals surface area (Å²) in [6.07, 6.45) is -2.36. The number of alkyl halides is 3. The van der Waals surface area contributed by atoms with Gasteiger partial charge in [-0.3, -0.25) is 4.98 Å². The molecule has 0 bridgehead atoms. The number of carbonyl (C=O) groups excluding carboxylic acids is 1. The van der Waals surface area contributed by atoms with Crippen molar-refractivity contribution in [1.29, 1.82) is 0 Å². The molecule has 34 heavy (non-hydrogen) atoms. The number of esters is 1. The Morgan fingerprint density at radius 2 is 2.15 bits per heavy atom. The first kappa shape index (κ1) is 22.6. The Bertz CT molecular complexity index is 1290. The summed E-state index contributed by atoms with van der Waals surface area (Å²) in [5.74, 6) is -0.496. The van der Waals surface area contributed by atoms with Gasteiger partial charge < -0.3 is 14.8 Å². The Hall–Kier alpha value is -3.18. The summed E-state index contributed by atoms with van der Waals surface area (Å²) in [5, 5.41) is 7.03. The molecule has 0 aromatic carbocycles. The van der Waals surface area contributed by atoms with Crippen molar-refractivity contribution in [3.05, 3.63) is 63.3 Å². The maximum absolute atomic E-state index is 13.5. The van der Waals surface area contributed by atoms with Crippen LogP contribution in [0.15, 0.2) is 24.4 Å². The Labute approximate surface area is 197 Å². The molecule has 3 aromatic heterocycles. The van der Waals surface area contributed by atoms with Crippen LogP contribution in [0.3, 0.4) is 0 Å². The summed E-state index contributed by atoms with van der Waals surface area (Å²) in [7, 11) is 1.28. The molecule has 5 rings (SSSR count). The van der Waals surface area contributed by atoms with Crippen molar-refractivity contribution in [1.82, 2.24) is 19.7 Å². The molecule has 0 saturated carbocycles. The number of pyridine rings is 2. The van der Waals surface area contributed by atoms with Gasteiger partial charge in [-0.15, -0.1) is 0 Å². The smallest absolute Gasteiger partial charge is 0.435 e. The van der Waals surface area contributed by atoms with E-state index in [4.69, 9.17) is 21.1 Å². The number of anilines is 1. The Kier molecular flexibility index (Phi) is 5.48. The van der Waals surface area contributed by atoms with Gasteiger partial charge in [0, 0.05) is 11.9 Å². The number of ether oxygens (including phenoxy) is 2. The van der Waals surface area contributed by atoms with Gasteiger partial charge in [-0.05, 0) is 49.9 Å². The lowest BCUT2D eigenvalue weighted by molar-refractivity contribution is -0.141. The zero-order chi connectivity index (χ0) is 24.2. The SMILES string of the molecule is COC(=O)c1c(C)nc2c(c1NC1OC1c1cc(C(F)(F)F)nn1-c1ncccc1Cl)CCC2. The second-order valence-corrected chi connectivity index (χ2v) is 8.42. The van der Waals surface area contributed by atoms with Crippen LogP contribution in [-0.2, 0) is 28.5 Å². The first-order valence-corrected chi connectivity index (χ1v) is 10.9. The van der Waals surface area contributed by atoms with Crippen LogP contribution in [0.2, 0.25) is 5.02 Å². The summed E-state index contributed by atoms with van der Waals surface area (Å²) in [5.41, 5.74) is 2.15. The molecule has 1 aliphatic carbocycles. The largest absolute Gasteiger partial charge is 0.465 e. The Morgan fingerprint density at radius 1 is 1.35 bits per heavy atom. The average Bonchev–Trinajstić information content (AvgIpc) is 3.18. The molecule has 1 fully saturated rings. The van der Waals surface area contributed by atoms with Gasteiger partial charge >= 0.3 is 12.1 Å². The Morgan fingerprint density at radius 3 is 2.85 bits per heavy atom. The predicted molar refractivity (Wildman–Crippen MR) is 115 cm³/mol. The number of carbonyl (C=O) groups is 1. The number of nitrogens with one attached hydrogen (secondary N) is 1. The molecule has 4 heterocycles. The number of aryl methyl sites for hydroxylation is 2. The van der Waals surface area contributed by atoms with E-state index in [1.807, 2.05) is 0 Å². The van der Waals surface area contributed by atoms with Crippen LogP contribution in [0, 0.1) is 6.92 Å². The third-order valence-electron chi connectivity index (χ3n) is 5.83. The topological polar surface area (TPSA) is 94.5 Å². The number of halogens is 4. The molecule has 0 amide bonds. The van der Waals surface area contributed by atoms with E-state index in [-0.39, 0.29) is 22.1 Å². The number of aromatic nitrogens is 4. The van der Waals surface area contributed by atoms with Crippen LogP contribution in [0.1, 0.15) is 51.2 Å². The van der Waals surface area contributed by atoms with E-state index in [9.17, 15) is 18.0 Å². The highest BCUT2D eigenvalue weighted by atomic mass is 35.5. The second kappa shape index (κ2) is 8.24. The van der Waals surface area contributed by atoms with Crippen LogP contribution in [0.25, 0.3) is 5.82 Å². The van der Waals surface area contributed by atoms with E-state index in [1.165, 1.54) is 19.4 Å². The van der Waals surface area contributed by atoms with Crippen molar-refractivity contribution >= 4 is 23.3 Å². The van der Waals surface area contributed by atoms with Gasteiger partial charge in [0.25, 0.3) is 0 Å². The molecule has 0 spiro atoms. The molecule has 2 aliphatic rings. The minimum absolute atomic E-state index is 0.0554. The Balaban J connectivity index is 1.52. The number of nitrogens with zero attached hydrogens (tertiary/aromatic N) is 4. The molecular formula is C22H19ClF3N5O3. The quantitative estimate of drug-likeness (QED) is 0.415. The standard InChI is InChI=1S/C22H19ClF3N5O3/c1-10-16(21(32)33-2)17(11-5-3-7-13(11)28-10)29-20-18(34-20)14-9-15(22(24,25)26)30-31(14)19-12(23)6-4-8-27-19/h4,6,8-9,18,20H,3,5,7H2,1-2H3,(H,28,29). The lowest BCUT2D eigenvalue weighted by Gasteiger charge is -2.16. The van der Waals surface area contributed by atoms with Gasteiger partial charge in [0.15, 0.2) is 17.7 Å². The average molecular weight is 494 g/mol. The zero-order valence-electron chi connectivity index (χ0n) is 18.1. The number of fused-ring (bicyclic) bond motifs is 1. The predicted octanol–water partition coefficient (Wildman–Crippen LogP) is 4.43.